The van der Waals surface area contributed by atoms with Crippen LogP contribution in [0.15, 0.2) is 42.5 Å². The number of aromatic hydroxyl groups is 2. The summed E-state index contributed by atoms with van der Waals surface area (Å²) in [7, 11) is 0. The number of phenolic OH excluding ortho intramolecular Hbond substituents is 2. The van der Waals surface area contributed by atoms with Gasteiger partial charge in [0, 0.05) is 31.2 Å². The number of β-amino-alcohol motifs (C(OH)–C–C–N with tert-alkyl or cyclic N) is 1. The lowest BCUT2D eigenvalue weighted by Gasteiger charge is -2.28. The Morgan fingerprint density at radius 2 is 1.67 bits per heavy atom. The Morgan fingerprint density at radius 1 is 1.03 bits per heavy atom. The van der Waals surface area contributed by atoms with Crippen molar-refractivity contribution in [1.82, 2.24) is 15.5 Å². The van der Waals surface area contributed by atoms with E-state index in [2.05, 4.69) is 35.4 Å². The second-order valence-electron chi connectivity index (χ2n) is 9.11. The van der Waals surface area contributed by atoms with Gasteiger partial charge in [0.1, 0.15) is 11.5 Å². The van der Waals surface area contributed by atoms with Gasteiger partial charge in [0.2, 0.25) is 5.91 Å². The predicted octanol–water partition coefficient (Wildman–Crippen LogP) is 2.74. The third-order valence-corrected chi connectivity index (χ3v) is 5.73. The number of aliphatic hydroxyl groups excluding tert-OH is 1. The number of benzene rings is 2. The number of hydrogen-bond acceptors (Lipinski definition) is 6. The van der Waals surface area contributed by atoms with Crippen LogP contribution >= 0.6 is 0 Å². The molecule has 0 radical (unpaired) electrons. The standard InChI is InChI=1S/C26H39N3O4/c1-5-29(6-2)11-10-27-25(33)13-19-8-7-9-20(12-19)17-26(3,4)28-18-24(32)21-14-22(30)16-23(31)15-21/h7-9,12,14-16,24,28,30-32H,5-6,10-11,13,17-18H2,1-4H3,(H,27,33). The highest BCUT2D eigenvalue weighted by atomic mass is 16.3. The predicted molar refractivity (Wildman–Crippen MR) is 131 cm³/mol. The fourth-order valence-electron chi connectivity index (χ4n) is 3.86. The van der Waals surface area contributed by atoms with E-state index in [1.807, 2.05) is 32.0 Å². The summed E-state index contributed by atoms with van der Waals surface area (Å²) >= 11 is 0. The van der Waals surface area contributed by atoms with Gasteiger partial charge in [0.25, 0.3) is 0 Å². The highest BCUT2D eigenvalue weighted by Crippen LogP contribution is 2.25. The number of nitrogens with zero attached hydrogens (tertiary/aromatic N) is 1. The van der Waals surface area contributed by atoms with E-state index < -0.39 is 6.10 Å². The number of aliphatic hydroxyl groups is 1. The molecule has 1 unspecified atom stereocenters. The highest BCUT2D eigenvalue weighted by molar-refractivity contribution is 5.78. The van der Waals surface area contributed by atoms with Gasteiger partial charge < -0.3 is 30.9 Å². The number of likely N-dealkylation sites (N-methyl/N-ethyl adjacent to an activating group) is 1. The summed E-state index contributed by atoms with van der Waals surface area (Å²) in [5, 5.41) is 36.1. The largest absolute Gasteiger partial charge is 0.508 e. The van der Waals surface area contributed by atoms with Gasteiger partial charge >= 0.3 is 0 Å². The molecular formula is C26H39N3O4. The van der Waals surface area contributed by atoms with Crippen molar-refractivity contribution < 1.29 is 20.1 Å². The smallest absolute Gasteiger partial charge is 0.224 e. The van der Waals surface area contributed by atoms with Crippen LogP contribution in [0.1, 0.15) is 50.5 Å². The quantitative estimate of drug-likeness (QED) is 0.317. The van der Waals surface area contributed by atoms with Gasteiger partial charge in [-0.05, 0) is 62.2 Å². The lowest BCUT2D eigenvalue weighted by molar-refractivity contribution is -0.120. The molecule has 2 aromatic rings. The summed E-state index contributed by atoms with van der Waals surface area (Å²) in [6.07, 6.45) is 0.191. The number of carbonyl (C=O) groups is 1. The minimum atomic E-state index is -0.867. The number of hydrogen-bond donors (Lipinski definition) is 5. The van der Waals surface area contributed by atoms with Gasteiger partial charge in [-0.3, -0.25) is 4.79 Å². The molecule has 0 aliphatic heterocycles. The number of phenols is 2. The molecule has 0 aliphatic rings. The van der Waals surface area contributed by atoms with E-state index in [0.717, 1.165) is 30.8 Å². The number of amides is 1. The maximum absolute atomic E-state index is 12.3. The zero-order valence-corrected chi connectivity index (χ0v) is 20.3. The van der Waals surface area contributed by atoms with Crippen LogP contribution in [0.4, 0.5) is 0 Å². The first-order valence-corrected chi connectivity index (χ1v) is 11.6. The molecule has 0 aliphatic carbocycles. The Balaban J connectivity index is 1.87. The van der Waals surface area contributed by atoms with Crippen molar-refractivity contribution in [3.05, 3.63) is 59.2 Å². The first-order chi connectivity index (χ1) is 15.6. The minimum absolute atomic E-state index is 0.0224. The minimum Gasteiger partial charge on any atom is -0.508 e. The molecule has 0 bridgehead atoms. The van der Waals surface area contributed by atoms with Crippen LogP contribution in [-0.4, -0.2) is 64.4 Å². The molecule has 182 valence electrons. The van der Waals surface area contributed by atoms with Gasteiger partial charge in [-0.25, -0.2) is 0 Å². The van der Waals surface area contributed by atoms with Crippen molar-refractivity contribution in [2.75, 3.05) is 32.7 Å². The third kappa shape index (κ3) is 9.42. The second-order valence-corrected chi connectivity index (χ2v) is 9.11. The van der Waals surface area contributed by atoms with Gasteiger partial charge in [0.15, 0.2) is 0 Å². The maximum Gasteiger partial charge on any atom is 0.224 e. The van der Waals surface area contributed by atoms with Crippen LogP contribution in [0.2, 0.25) is 0 Å². The van der Waals surface area contributed by atoms with Crippen LogP contribution in [-0.2, 0) is 17.6 Å². The lowest BCUT2D eigenvalue weighted by atomic mass is 9.93. The third-order valence-electron chi connectivity index (χ3n) is 5.73. The van der Waals surface area contributed by atoms with Crippen molar-refractivity contribution >= 4 is 5.91 Å². The van der Waals surface area contributed by atoms with Gasteiger partial charge in [-0.2, -0.15) is 0 Å². The zero-order valence-electron chi connectivity index (χ0n) is 20.3. The number of rotatable bonds is 13. The summed E-state index contributed by atoms with van der Waals surface area (Å²) in [6, 6.07) is 12.1. The molecule has 33 heavy (non-hydrogen) atoms. The Bertz CT molecular complexity index is 877. The topological polar surface area (TPSA) is 105 Å². The molecule has 0 heterocycles. The van der Waals surface area contributed by atoms with Crippen molar-refractivity contribution in [2.24, 2.45) is 0 Å². The maximum atomic E-state index is 12.3. The van der Waals surface area contributed by atoms with Crippen LogP contribution in [0.5, 0.6) is 11.5 Å². The van der Waals surface area contributed by atoms with Crippen LogP contribution in [0.25, 0.3) is 0 Å². The molecule has 0 fully saturated rings. The van der Waals surface area contributed by atoms with E-state index >= 15 is 0 Å². The monoisotopic (exact) mass is 457 g/mol. The summed E-state index contributed by atoms with van der Waals surface area (Å²) in [5.41, 5.74) is 2.21. The summed E-state index contributed by atoms with van der Waals surface area (Å²) < 4.78 is 0. The van der Waals surface area contributed by atoms with Gasteiger partial charge in [-0.1, -0.05) is 38.1 Å². The van der Waals surface area contributed by atoms with E-state index in [0.29, 0.717) is 24.9 Å². The van der Waals surface area contributed by atoms with E-state index in [1.165, 1.54) is 18.2 Å². The Kier molecular flexibility index (Phi) is 10.2. The van der Waals surface area contributed by atoms with Crippen molar-refractivity contribution in [3.63, 3.8) is 0 Å². The Labute approximate surface area is 197 Å². The summed E-state index contributed by atoms with van der Waals surface area (Å²) in [6.45, 7) is 12.1. The molecule has 0 saturated heterocycles. The normalized spacial score (nSPS) is 12.7. The highest BCUT2D eigenvalue weighted by Gasteiger charge is 2.20. The fourth-order valence-corrected chi connectivity index (χ4v) is 3.86. The molecule has 7 nitrogen and oxygen atoms in total. The second kappa shape index (κ2) is 12.6. The lowest BCUT2D eigenvalue weighted by Crippen LogP contribution is -2.43. The first kappa shape index (κ1) is 26.6. The summed E-state index contributed by atoms with van der Waals surface area (Å²) in [4.78, 5) is 14.6. The average Bonchev–Trinajstić information content (AvgIpc) is 2.74. The van der Waals surface area contributed by atoms with E-state index in [1.54, 1.807) is 0 Å². The Morgan fingerprint density at radius 3 is 2.30 bits per heavy atom. The molecule has 5 N–H and O–H groups in total. The zero-order chi connectivity index (χ0) is 24.4. The summed E-state index contributed by atoms with van der Waals surface area (Å²) in [5.74, 6) is -0.149. The molecular weight excluding hydrogens is 418 g/mol. The van der Waals surface area contributed by atoms with Crippen molar-refractivity contribution in [1.29, 1.82) is 0 Å². The molecule has 2 aromatic carbocycles. The SMILES string of the molecule is CCN(CC)CCNC(=O)Cc1cccc(CC(C)(C)NCC(O)c2cc(O)cc(O)c2)c1. The number of nitrogens with one attached hydrogen (secondary N) is 2. The Hall–Kier alpha value is -2.61. The van der Waals surface area contributed by atoms with Crippen LogP contribution in [0.3, 0.4) is 0 Å². The molecule has 0 spiro atoms. The van der Waals surface area contributed by atoms with Crippen LogP contribution < -0.4 is 10.6 Å². The van der Waals surface area contributed by atoms with Gasteiger partial charge in [0.05, 0.1) is 12.5 Å². The average molecular weight is 458 g/mol. The van der Waals surface area contributed by atoms with E-state index in [-0.39, 0.29) is 29.5 Å². The van der Waals surface area contributed by atoms with E-state index in [9.17, 15) is 20.1 Å². The first-order valence-electron chi connectivity index (χ1n) is 11.6. The van der Waals surface area contributed by atoms with Gasteiger partial charge in [-0.15, -0.1) is 0 Å². The molecule has 0 aromatic heterocycles. The number of carbonyl (C=O) groups excluding carboxylic acids is 1. The van der Waals surface area contributed by atoms with Crippen LogP contribution in [0, 0.1) is 0 Å². The molecule has 2 rings (SSSR count). The molecule has 1 amide bonds. The van der Waals surface area contributed by atoms with Crippen molar-refractivity contribution in [2.45, 2.75) is 52.2 Å². The molecule has 1 atom stereocenters. The van der Waals surface area contributed by atoms with E-state index in [4.69, 9.17) is 0 Å². The molecule has 0 saturated carbocycles. The fraction of sp³-hybridized carbons (Fsp3) is 0.500. The molecule has 7 heteroatoms. The van der Waals surface area contributed by atoms with Crippen molar-refractivity contribution in [3.8, 4) is 11.5 Å².